The zero-order valence-corrected chi connectivity index (χ0v) is 16.4. The molecule has 0 spiro atoms. The van der Waals surface area contributed by atoms with Crippen molar-refractivity contribution in [3.05, 3.63) is 63.9 Å². The van der Waals surface area contributed by atoms with Crippen molar-refractivity contribution in [1.29, 1.82) is 5.26 Å². The Kier molecular flexibility index (Phi) is 6.57. The molecule has 11 heteroatoms. The van der Waals surface area contributed by atoms with Crippen LogP contribution in [0.15, 0.2) is 30.3 Å². The first-order valence-electron chi connectivity index (χ1n) is 8.03. The Morgan fingerprint density at radius 3 is 2.45 bits per heavy atom. The highest BCUT2D eigenvalue weighted by molar-refractivity contribution is 7.91. The third kappa shape index (κ3) is 4.70. The van der Waals surface area contributed by atoms with Crippen molar-refractivity contribution in [1.82, 2.24) is 0 Å². The molecule has 0 bridgehead atoms. The van der Waals surface area contributed by atoms with Gasteiger partial charge in [-0.3, -0.25) is 4.79 Å². The lowest BCUT2D eigenvalue weighted by Gasteiger charge is -2.27. The van der Waals surface area contributed by atoms with Crippen LogP contribution in [0.1, 0.15) is 18.1 Å². The van der Waals surface area contributed by atoms with Gasteiger partial charge >= 0.3 is 0 Å². The Labute approximate surface area is 169 Å². The number of carbonyl (C=O) groups excluding carboxylic acids is 1. The second-order valence-corrected chi connectivity index (χ2v) is 8.75. The summed E-state index contributed by atoms with van der Waals surface area (Å²) in [5.41, 5.74) is -4.18. The maximum Gasteiger partial charge on any atom is 0.262 e. The summed E-state index contributed by atoms with van der Waals surface area (Å²) in [4.78, 5) is 12.7. The summed E-state index contributed by atoms with van der Waals surface area (Å²) in [6.07, 6.45) is 0. The van der Waals surface area contributed by atoms with Crippen molar-refractivity contribution < 1.29 is 31.5 Å². The van der Waals surface area contributed by atoms with Crippen LogP contribution in [0.5, 0.6) is 0 Å². The molecule has 1 atom stereocenters. The van der Waals surface area contributed by atoms with Crippen LogP contribution in [0, 0.1) is 28.8 Å². The van der Waals surface area contributed by atoms with Gasteiger partial charge in [-0.05, 0) is 29.8 Å². The quantitative estimate of drug-likeness (QED) is 0.709. The maximum atomic E-state index is 14.3. The molecule has 0 radical (unpaired) electrons. The lowest BCUT2D eigenvalue weighted by atomic mass is 9.94. The molecular formula is C18H14ClF3N2O4S. The minimum absolute atomic E-state index is 0.216. The monoisotopic (exact) mass is 446 g/mol. The molecule has 0 aliphatic carbocycles. The normalized spacial score (nSPS) is 13.4. The van der Waals surface area contributed by atoms with Gasteiger partial charge in [0.2, 0.25) is 0 Å². The van der Waals surface area contributed by atoms with E-state index in [4.69, 9.17) is 16.9 Å². The SMILES string of the molecule is CCS(=O)(=O)CC(O)(C(=O)Nc1ccc(C#N)c(Cl)c1F)c1ccc(F)c(F)c1. The number of benzene rings is 2. The molecule has 29 heavy (non-hydrogen) atoms. The third-order valence-electron chi connectivity index (χ3n) is 4.09. The van der Waals surface area contributed by atoms with Gasteiger partial charge in [-0.2, -0.15) is 5.26 Å². The zero-order valence-electron chi connectivity index (χ0n) is 14.8. The molecule has 0 aliphatic heterocycles. The largest absolute Gasteiger partial charge is 0.374 e. The van der Waals surface area contributed by atoms with Crippen LogP contribution >= 0.6 is 11.6 Å². The van der Waals surface area contributed by atoms with Crippen LogP contribution in [0.3, 0.4) is 0 Å². The van der Waals surface area contributed by atoms with Crippen molar-refractivity contribution in [2.24, 2.45) is 0 Å². The second kappa shape index (κ2) is 8.41. The lowest BCUT2D eigenvalue weighted by molar-refractivity contribution is -0.132. The van der Waals surface area contributed by atoms with Gasteiger partial charge in [0.05, 0.1) is 22.0 Å². The average Bonchev–Trinajstić information content (AvgIpc) is 2.67. The number of anilines is 1. The summed E-state index contributed by atoms with van der Waals surface area (Å²) in [7, 11) is -4.00. The first-order chi connectivity index (χ1) is 13.4. The number of hydrogen-bond acceptors (Lipinski definition) is 5. The number of nitriles is 1. The minimum atomic E-state index is -4.00. The molecule has 0 aliphatic rings. The van der Waals surface area contributed by atoms with Gasteiger partial charge in [0, 0.05) is 5.75 Å². The number of sulfone groups is 1. The lowest BCUT2D eigenvalue weighted by Crippen LogP contribution is -2.46. The number of halogens is 4. The van der Waals surface area contributed by atoms with Crippen LogP contribution in [0.4, 0.5) is 18.9 Å². The van der Waals surface area contributed by atoms with E-state index in [9.17, 15) is 31.5 Å². The van der Waals surface area contributed by atoms with Crippen LogP contribution in [0.25, 0.3) is 0 Å². The van der Waals surface area contributed by atoms with Gasteiger partial charge in [-0.1, -0.05) is 24.6 Å². The van der Waals surface area contributed by atoms with E-state index < -0.39 is 66.6 Å². The smallest absolute Gasteiger partial charge is 0.262 e. The van der Waals surface area contributed by atoms with Gasteiger partial charge < -0.3 is 10.4 Å². The molecule has 0 saturated carbocycles. The number of carbonyl (C=O) groups is 1. The van der Waals surface area contributed by atoms with E-state index in [1.807, 2.05) is 5.32 Å². The topological polar surface area (TPSA) is 107 Å². The summed E-state index contributed by atoms with van der Waals surface area (Å²) >= 11 is 5.68. The Balaban J connectivity index is 2.54. The van der Waals surface area contributed by atoms with Gasteiger partial charge in [0.25, 0.3) is 5.91 Å². The molecule has 2 N–H and O–H groups in total. The molecular weight excluding hydrogens is 433 g/mol. The molecule has 2 aromatic rings. The Hall–Kier alpha value is -2.61. The maximum absolute atomic E-state index is 14.3. The molecule has 0 saturated heterocycles. The van der Waals surface area contributed by atoms with Crippen molar-refractivity contribution >= 4 is 33.0 Å². The van der Waals surface area contributed by atoms with E-state index in [1.54, 1.807) is 6.07 Å². The summed E-state index contributed by atoms with van der Waals surface area (Å²) in [5.74, 6) is -6.93. The minimum Gasteiger partial charge on any atom is -0.374 e. The molecule has 154 valence electrons. The highest BCUT2D eigenvalue weighted by Gasteiger charge is 2.43. The Morgan fingerprint density at radius 1 is 1.24 bits per heavy atom. The number of nitrogens with one attached hydrogen (secondary N) is 1. The molecule has 0 heterocycles. The molecule has 0 aromatic heterocycles. The fourth-order valence-corrected chi connectivity index (χ4v) is 3.76. The summed E-state index contributed by atoms with van der Waals surface area (Å²) in [6, 6.07) is 5.64. The summed E-state index contributed by atoms with van der Waals surface area (Å²) in [6.45, 7) is 1.26. The van der Waals surface area contributed by atoms with Crippen LogP contribution < -0.4 is 5.32 Å². The predicted octanol–water partition coefficient (Wildman–Crippen LogP) is 2.89. The van der Waals surface area contributed by atoms with Crippen LogP contribution in [-0.2, 0) is 20.2 Å². The van der Waals surface area contributed by atoms with Gasteiger partial charge in [0.15, 0.2) is 32.9 Å². The van der Waals surface area contributed by atoms with E-state index in [2.05, 4.69) is 0 Å². The predicted molar refractivity (Wildman–Crippen MR) is 99.3 cm³/mol. The third-order valence-corrected chi connectivity index (χ3v) is 6.20. The highest BCUT2D eigenvalue weighted by Crippen LogP contribution is 2.30. The number of rotatable bonds is 6. The number of aliphatic hydroxyl groups is 1. The first kappa shape index (κ1) is 22.7. The van der Waals surface area contributed by atoms with Gasteiger partial charge in [-0.15, -0.1) is 0 Å². The van der Waals surface area contributed by atoms with E-state index >= 15 is 0 Å². The molecule has 6 nitrogen and oxygen atoms in total. The fraction of sp³-hybridized carbons (Fsp3) is 0.222. The Morgan fingerprint density at radius 2 is 1.90 bits per heavy atom. The number of amides is 1. The van der Waals surface area contributed by atoms with Crippen molar-refractivity contribution in [2.75, 3.05) is 16.8 Å². The summed E-state index contributed by atoms with van der Waals surface area (Å²) < 4.78 is 65.3. The zero-order chi connectivity index (χ0) is 22.0. The molecule has 1 amide bonds. The van der Waals surface area contributed by atoms with Crippen molar-refractivity contribution in [3.8, 4) is 6.07 Å². The van der Waals surface area contributed by atoms with Crippen LogP contribution in [0.2, 0.25) is 5.02 Å². The summed E-state index contributed by atoms with van der Waals surface area (Å²) in [5, 5.41) is 21.1. The van der Waals surface area contributed by atoms with Crippen molar-refractivity contribution in [3.63, 3.8) is 0 Å². The highest BCUT2D eigenvalue weighted by atomic mass is 35.5. The van der Waals surface area contributed by atoms with Gasteiger partial charge in [0.1, 0.15) is 6.07 Å². The van der Waals surface area contributed by atoms with E-state index in [1.165, 1.54) is 6.92 Å². The van der Waals surface area contributed by atoms with Gasteiger partial charge in [-0.25, -0.2) is 21.6 Å². The van der Waals surface area contributed by atoms with E-state index in [-0.39, 0.29) is 5.56 Å². The molecule has 2 aromatic carbocycles. The Bertz CT molecular complexity index is 1120. The van der Waals surface area contributed by atoms with Crippen LogP contribution in [-0.4, -0.2) is 30.9 Å². The molecule has 2 rings (SSSR count). The first-order valence-corrected chi connectivity index (χ1v) is 10.2. The molecule has 1 unspecified atom stereocenters. The molecule has 0 fully saturated rings. The van der Waals surface area contributed by atoms with E-state index in [0.717, 1.165) is 18.2 Å². The fourth-order valence-electron chi connectivity index (χ4n) is 2.41. The number of nitrogens with zero attached hydrogens (tertiary/aromatic N) is 1. The van der Waals surface area contributed by atoms with Crippen molar-refractivity contribution in [2.45, 2.75) is 12.5 Å². The second-order valence-electron chi connectivity index (χ2n) is 6.02. The van der Waals surface area contributed by atoms with E-state index in [0.29, 0.717) is 12.1 Å². The average molecular weight is 447 g/mol. The standard InChI is InChI=1S/C18H14ClF3N2O4S/c1-2-29(27,28)9-18(26,11-4-5-12(20)13(21)7-11)17(25)24-14-6-3-10(8-23)15(19)16(14)22/h3-7,26H,2,9H2,1H3,(H,24,25). The number of hydrogen-bond donors (Lipinski definition) is 2.